The number of benzene rings is 2. The number of fused-ring (bicyclic) bond motifs is 1. The normalized spacial score (nSPS) is 16.3. The molecule has 4 rings (SSSR count). The Balaban J connectivity index is 1.42. The first kappa shape index (κ1) is 21.9. The van der Waals surface area contributed by atoms with Crippen molar-refractivity contribution in [2.75, 3.05) is 38.2 Å². The molecule has 0 unspecified atom stereocenters. The van der Waals surface area contributed by atoms with Gasteiger partial charge in [-0.1, -0.05) is 18.2 Å². The monoisotopic (exact) mass is 437 g/mol. The largest absolute Gasteiger partial charge is 0.508 e. The number of rotatable bonds is 5. The van der Waals surface area contributed by atoms with E-state index in [-0.39, 0.29) is 28.9 Å². The van der Waals surface area contributed by atoms with E-state index in [2.05, 4.69) is 10.2 Å². The number of nitrogens with zero attached hydrogens (tertiary/aromatic N) is 2. The molecule has 32 heavy (non-hydrogen) atoms. The molecule has 8 heteroatoms. The Bertz CT molecular complexity index is 1060. The van der Waals surface area contributed by atoms with Crippen LogP contribution in [0.3, 0.4) is 0 Å². The zero-order valence-electron chi connectivity index (χ0n) is 18.0. The van der Waals surface area contributed by atoms with Gasteiger partial charge in [0.25, 0.3) is 5.91 Å². The molecule has 1 fully saturated rings. The molecule has 2 aromatic carbocycles. The highest BCUT2D eigenvalue weighted by Gasteiger charge is 2.28. The Morgan fingerprint density at radius 2 is 1.91 bits per heavy atom. The second-order valence-corrected chi connectivity index (χ2v) is 8.06. The minimum atomic E-state index is -0.329. The molecule has 0 aromatic heterocycles. The van der Waals surface area contributed by atoms with Crippen LogP contribution in [0.1, 0.15) is 27.0 Å². The molecule has 0 aliphatic carbocycles. The van der Waals surface area contributed by atoms with Crippen molar-refractivity contribution in [2.24, 2.45) is 0 Å². The average molecular weight is 437 g/mol. The van der Waals surface area contributed by atoms with Gasteiger partial charge in [-0.25, -0.2) is 0 Å². The van der Waals surface area contributed by atoms with Gasteiger partial charge in [0.1, 0.15) is 11.5 Å². The topological polar surface area (TPSA) is 102 Å². The minimum absolute atomic E-state index is 0.0598. The molecular formula is C24H27N3O5. The zero-order valence-corrected chi connectivity index (χ0v) is 18.0. The highest BCUT2D eigenvalue weighted by molar-refractivity contribution is 6.00. The third-order valence-electron chi connectivity index (χ3n) is 5.81. The van der Waals surface area contributed by atoms with Gasteiger partial charge in [0, 0.05) is 56.1 Å². The molecule has 1 saturated heterocycles. The van der Waals surface area contributed by atoms with Crippen LogP contribution in [-0.2, 0) is 22.6 Å². The molecule has 0 atom stereocenters. The average Bonchev–Trinajstić information content (AvgIpc) is 3.22. The number of carbonyl (C=O) groups excluding carboxylic acids is 2. The number of hydrogen-bond acceptors (Lipinski definition) is 6. The molecular weight excluding hydrogens is 410 g/mol. The molecule has 0 radical (unpaired) electrons. The summed E-state index contributed by atoms with van der Waals surface area (Å²) >= 11 is 0. The Hall–Kier alpha value is -3.36. The maximum Gasteiger partial charge on any atom is 0.258 e. The van der Waals surface area contributed by atoms with Gasteiger partial charge in [-0.2, -0.15) is 0 Å². The van der Waals surface area contributed by atoms with E-state index in [0.717, 1.165) is 24.2 Å². The molecule has 2 amide bonds. The van der Waals surface area contributed by atoms with Gasteiger partial charge >= 0.3 is 0 Å². The summed E-state index contributed by atoms with van der Waals surface area (Å²) in [7, 11) is 0. The van der Waals surface area contributed by atoms with Crippen molar-refractivity contribution in [3.63, 3.8) is 0 Å². The maximum absolute atomic E-state index is 13.0. The Kier molecular flexibility index (Phi) is 6.43. The van der Waals surface area contributed by atoms with Gasteiger partial charge in [0.05, 0.1) is 18.8 Å². The van der Waals surface area contributed by atoms with Gasteiger partial charge in [0.15, 0.2) is 0 Å². The van der Waals surface area contributed by atoms with Crippen LogP contribution >= 0.6 is 0 Å². The lowest BCUT2D eigenvalue weighted by Gasteiger charge is -2.25. The first-order chi connectivity index (χ1) is 15.4. The standard InChI is InChI=1S/C24H27N3O5/c1-16-12-18(22(29)13-21(16)28)24(31)27-14-17-4-2-5-20(19(17)15-27)25-23(30)6-3-7-26-8-10-32-11-9-26/h2-6,12-13,28-29H,7-11,14-15H2,1H3,(H,25,30)/b6-3+. The first-order valence-corrected chi connectivity index (χ1v) is 10.6. The minimum Gasteiger partial charge on any atom is -0.508 e. The summed E-state index contributed by atoms with van der Waals surface area (Å²) in [5.74, 6) is -0.865. The third kappa shape index (κ3) is 4.76. The lowest BCUT2D eigenvalue weighted by molar-refractivity contribution is -0.111. The lowest BCUT2D eigenvalue weighted by atomic mass is 10.1. The molecule has 2 aliphatic rings. The third-order valence-corrected chi connectivity index (χ3v) is 5.81. The van der Waals surface area contributed by atoms with Crippen LogP contribution in [0.15, 0.2) is 42.5 Å². The summed E-state index contributed by atoms with van der Waals surface area (Å²) in [6.45, 7) is 6.22. The summed E-state index contributed by atoms with van der Waals surface area (Å²) in [6.07, 6.45) is 3.37. The maximum atomic E-state index is 13.0. The Labute approximate surface area is 186 Å². The number of morpholine rings is 1. The summed E-state index contributed by atoms with van der Waals surface area (Å²) < 4.78 is 5.32. The van der Waals surface area contributed by atoms with Gasteiger partial charge < -0.3 is 25.2 Å². The molecule has 0 saturated carbocycles. The van der Waals surface area contributed by atoms with Crippen molar-refractivity contribution in [1.29, 1.82) is 0 Å². The molecule has 0 spiro atoms. The van der Waals surface area contributed by atoms with Gasteiger partial charge in [-0.05, 0) is 30.2 Å². The highest BCUT2D eigenvalue weighted by atomic mass is 16.5. The van der Waals surface area contributed by atoms with Crippen molar-refractivity contribution >= 4 is 17.5 Å². The first-order valence-electron chi connectivity index (χ1n) is 10.6. The molecule has 2 heterocycles. The fourth-order valence-corrected chi connectivity index (χ4v) is 3.98. The number of aromatic hydroxyl groups is 2. The number of anilines is 1. The summed E-state index contributed by atoms with van der Waals surface area (Å²) in [5.41, 5.74) is 3.16. The second kappa shape index (κ2) is 9.42. The van der Waals surface area contributed by atoms with Crippen molar-refractivity contribution in [3.05, 3.63) is 64.7 Å². The van der Waals surface area contributed by atoms with Crippen LogP contribution in [0.4, 0.5) is 5.69 Å². The molecule has 168 valence electrons. The van der Waals surface area contributed by atoms with Crippen molar-refractivity contribution in [1.82, 2.24) is 9.80 Å². The van der Waals surface area contributed by atoms with E-state index in [4.69, 9.17) is 4.74 Å². The van der Waals surface area contributed by atoms with Gasteiger partial charge in [0.2, 0.25) is 5.91 Å². The molecule has 2 aromatic rings. The molecule has 0 bridgehead atoms. The summed E-state index contributed by atoms with van der Waals surface area (Å²) in [4.78, 5) is 29.3. The summed E-state index contributed by atoms with van der Waals surface area (Å²) in [5, 5.41) is 22.8. The predicted octanol–water partition coefficient (Wildman–Crippen LogP) is 2.39. The van der Waals surface area contributed by atoms with Crippen LogP contribution < -0.4 is 5.32 Å². The van der Waals surface area contributed by atoms with Crippen LogP contribution in [0.25, 0.3) is 0 Å². The predicted molar refractivity (Wildman–Crippen MR) is 120 cm³/mol. The molecule has 8 nitrogen and oxygen atoms in total. The Morgan fingerprint density at radius 1 is 1.12 bits per heavy atom. The van der Waals surface area contributed by atoms with E-state index in [1.807, 2.05) is 24.3 Å². The SMILES string of the molecule is Cc1cc(C(=O)N2Cc3cccc(NC(=O)/C=C/CN4CCOCC4)c3C2)c(O)cc1O. The smallest absolute Gasteiger partial charge is 0.258 e. The molecule has 2 aliphatic heterocycles. The Morgan fingerprint density at radius 3 is 2.69 bits per heavy atom. The van der Waals surface area contributed by atoms with Gasteiger partial charge in [-0.15, -0.1) is 0 Å². The molecule has 3 N–H and O–H groups in total. The van der Waals surface area contributed by atoms with Crippen molar-refractivity contribution in [2.45, 2.75) is 20.0 Å². The van der Waals surface area contributed by atoms with E-state index in [0.29, 0.717) is 44.1 Å². The van der Waals surface area contributed by atoms with Crippen LogP contribution in [0, 0.1) is 6.92 Å². The number of phenols is 2. The fourth-order valence-electron chi connectivity index (χ4n) is 3.98. The number of aryl methyl sites for hydroxylation is 1. The van der Waals surface area contributed by atoms with Crippen LogP contribution in [0.5, 0.6) is 11.5 Å². The number of ether oxygens (including phenoxy) is 1. The highest BCUT2D eigenvalue weighted by Crippen LogP contribution is 2.33. The number of carbonyl (C=O) groups is 2. The lowest BCUT2D eigenvalue weighted by Crippen LogP contribution is -2.36. The van der Waals surface area contributed by atoms with E-state index >= 15 is 0 Å². The fraction of sp³-hybridized carbons (Fsp3) is 0.333. The van der Waals surface area contributed by atoms with E-state index in [1.54, 1.807) is 11.8 Å². The number of hydrogen-bond donors (Lipinski definition) is 3. The van der Waals surface area contributed by atoms with Crippen LogP contribution in [0.2, 0.25) is 0 Å². The number of nitrogens with one attached hydrogen (secondary N) is 1. The summed E-state index contributed by atoms with van der Waals surface area (Å²) in [6, 6.07) is 8.26. The number of amides is 2. The second-order valence-electron chi connectivity index (χ2n) is 8.06. The quantitative estimate of drug-likeness (QED) is 0.621. The van der Waals surface area contributed by atoms with Gasteiger partial charge in [-0.3, -0.25) is 14.5 Å². The zero-order chi connectivity index (χ0) is 22.7. The van der Waals surface area contributed by atoms with Crippen molar-refractivity contribution in [3.8, 4) is 11.5 Å². The van der Waals surface area contributed by atoms with Crippen LogP contribution in [-0.4, -0.2) is 64.7 Å². The van der Waals surface area contributed by atoms with Crippen molar-refractivity contribution < 1.29 is 24.5 Å². The van der Waals surface area contributed by atoms with E-state index in [1.165, 1.54) is 18.2 Å². The van der Waals surface area contributed by atoms with E-state index < -0.39 is 0 Å². The van der Waals surface area contributed by atoms with E-state index in [9.17, 15) is 19.8 Å². The number of phenolic OH excluding ortho intramolecular Hbond substituents is 2.